The van der Waals surface area contributed by atoms with E-state index in [1.165, 1.54) is 25.7 Å². The summed E-state index contributed by atoms with van der Waals surface area (Å²) in [6, 6.07) is 0.553. The fraction of sp³-hybridized carbons (Fsp3) is 0.769. The zero-order valence-corrected chi connectivity index (χ0v) is 11.2. The fourth-order valence-corrected chi connectivity index (χ4v) is 2.47. The van der Waals surface area contributed by atoms with Crippen molar-refractivity contribution in [1.82, 2.24) is 9.78 Å². The third-order valence-corrected chi connectivity index (χ3v) is 3.65. The van der Waals surface area contributed by atoms with Gasteiger partial charge in [0.15, 0.2) is 0 Å². The maximum Gasteiger partial charge on any atom is 0.107 e. The first kappa shape index (κ1) is 12.9. The van der Waals surface area contributed by atoms with E-state index in [-0.39, 0.29) is 0 Å². The molecule has 96 valence electrons. The van der Waals surface area contributed by atoms with Crippen LogP contribution in [0.4, 0.5) is 0 Å². The zero-order valence-electron chi connectivity index (χ0n) is 10.5. The SMILES string of the molecule is CCCCOCc1nn(C2CCCC2)cc1Cl. The zero-order chi connectivity index (χ0) is 12.1. The third-order valence-electron chi connectivity index (χ3n) is 3.34. The summed E-state index contributed by atoms with van der Waals surface area (Å²) in [5, 5.41) is 5.29. The summed E-state index contributed by atoms with van der Waals surface area (Å²) in [6.45, 7) is 3.49. The number of hydrogen-bond donors (Lipinski definition) is 0. The minimum absolute atomic E-state index is 0.540. The van der Waals surface area contributed by atoms with Crippen LogP contribution >= 0.6 is 11.6 Å². The molecular formula is C13H21ClN2O. The Labute approximate surface area is 108 Å². The first-order valence-electron chi connectivity index (χ1n) is 6.62. The van der Waals surface area contributed by atoms with Crippen LogP contribution < -0.4 is 0 Å². The predicted molar refractivity (Wildman–Crippen MR) is 69.3 cm³/mol. The molecule has 1 aromatic rings. The van der Waals surface area contributed by atoms with Gasteiger partial charge in [-0.15, -0.1) is 0 Å². The van der Waals surface area contributed by atoms with Crippen LogP contribution in [0.3, 0.4) is 0 Å². The van der Waals surface area contributed by atoms with Crippen molar-refractivity contribution in [2.45, 2.75) is 58.1 Å². The molecule has 0 saturated heterocycles. The van der Waals surface area contributed by atoms with Gasteiger partial charge in [-0.1, -0.05) is 37.8 Å². The van der Waals surface area contributed by atoms with Gasteiger partial charge in [0.2, 0.25) is 0 Å². The molecule has 0 unspecified atom stereocenters. The van der Waals surface area contributed by atoms with Crippen molar-refractivity contribution in [3.05, 3.63) is 16.9 Å². The molecule has 0 aliphatic heterocycles. The van der Waals surface area contributed by atoms with Gasteiger partial charge in [0.25, 0.3) is 0 Å². The number of hydrogen-bond acceptors (Lipinski definition) is 2. The Kier molecular flexibility index (Phi) is 4.86. The van der Waals surface area contributed by atoms with E-state index in [1.54, 1.807) is 0 Å². The average Bonchev–Trinajstić information content (AvgIpc) is 2.94. The van der Waals surface area contributed by atoms with Crippen molar-refractivity contribution in [3.63, 3.8) is 0 Å². The van der Waals surface area contributed by atoms with Crippen molar-refractivity contribution in [1.29, 1.82) is 0 Å². The molecule has 2 rings (SSSR count). The largest absolute Gasteiger partial charge is 0.375 e. The maximum atomic E-state index is 6.17. The van der Waals surface area contributed by atoms with E-state index in [1.807, 2.05) is 10.9 Å². The molecule has 0 radical (unpaired) electrons. The van der Waals surface area contributed by atoms with Crippen molar-refractivity contribution in [2.24, 2.45) is 0 Å². The van der Waals surface area contributed by atoms with E-state index in [9.17, 15) is 0 Å². The topological polar surface area (TPSA) is 27.1 Å². The van der Waals surface area contributed by atoms with E-state index in [2.05, 4.69) is 12.0 Å². The van der Waals surface area contributed by atoms with Crippen LogP contribution in [0.5, 0.6) is 0 Å². The molecule has 0 atom stereocenters. The van der Waals surface area contributed by atoms with Gasteiger partial charge in [0, 0.05) is 12.8 Å². The van der Waals surface area contributed by atoms with Gasteiger partial charge in [0.1, 0.15) is 5.69 Å². The molecular weight excluding hydrogens is 236 g/mol. The van der Waals surface area contributed by atoms with Gasteiger partial charge >= 0.3 is 0 Å². The van der Waals surface area contributed by atoms with Gasteiger partial charge in [-0.3, -0.25) is 4.68 Å². The first-order valence-corrected chi connectivity index (χ1v) is 7.00. The van der Waals surface area contributed by atoms with Gasteiger partial charge in [-0.05, 0) is 19.3 Å². The van der Waals surface area contributed by atoms with Gasteiger partial charge in [-0.2, -0.15) is 5.10 Å². The lowest BCUT2D eigenvalue weighted by atomic mass is 10.3. The second kappa shape index (κ2) is 6.41. The number of halogens is 1. The molecule has 1 heterocycles. The van der Waals surface area contributed by atoms with Crippen molar-refractivity contribution >= 4 is 11.6 Å². The van der Waals surface area contributed by atoms with Gasteiger partial charge in [0.05, 0.1) is 17.7 Å². The second-order valence-corrected chi connectivity index (χ2v) is 5.16. The Balaban J connectivity index is 1.89. The summed E-state index contributed by atoms with van der Waals surface area (Å²) in [6.07, 6.45) is 9.29. The monoisotopic (exact) mass is 256 g/mol. The molecule has 1 fully saturated rings. The number of aromatic nitrogens is 2. The summed E-state index contributed by atoms with van der Waals surface area (Å²) in [4.78, 5) is 0. The molecule has 1 aliphatic rings. The predicted octanol–water partition coefficient (Wildman–Crippen LogP) is 3.97. The van der Waals surface area contributed by atoms with E-state index in [0.29, 0.717) is 12.6 Å². The van der Waals surface area contributed by atoms with Gasteiger partial charge in [-0.25, -0.2) is 0 Å². The highest BCUT2D eigenvalue weighted by Crippen LogP contribution is 2.30. The van der Waals surface area contributed by atoms with Crippen LogP contribution in [-0.4, -0.2) is 16.4 Å². The van der Waals surface area contributed by atoms with Crippen LogP contribution in [0.1, 0.15) is 57.2 Å². The third kappa shape index (κ3) is 3.46. The van der Waals surface area contributed by atoms with Crippen LogP contribution in [0.2, 0.25) is 5.02 Å². The van der Waals surface area contributed by atoms with Crippen LogP contribution in [-0.2, 0) is 11.3 Å². The molecule has 4 heteroatoms. The average molecular weight is 257 g/mol. The number of ether oxygens (including phenoxy) is 1. The molecule has 1 saturated carbocycles. The minimum Gasteiger partial charge on any atom is -0.375 e. The van der Waals surface area contributed by atoms with E-state index in [0.717, 1.165) is 30.2 Å². The summed E-state index contributed by atoms with van der Waals surface area (Å²) < 4.78 is 7.59. The highest BCUT2D eigenvalue weighted by Gasteiger charge is 2.19. The first-order chi connectivity index (χ1) is 8.31. The molecule has 0 N–H and O–H groups in total. The molecule has 0 spiro atoms. The lowest BCUT2D eigenvalue weighted by molar-refractivity contribution is 0.115. The molecule has 0 amide bonds. The Morgan fingerprint density at radius 2 is 2.24 bits per heavy atom. The highest BCUT2D eigenvalue weighted by molar-refractivity contribution is 6.31. The smallest absolute Gasteiger partial charge is 0.107 e. The van der Waals surface area contributed by atoms with Crippen molar-refractivity contribution in [2.75, 3.05) is 6.61 Å². The Hall–Kier alpha value is -0.540. The van der Waals surface area contributed by atoms with Crippen LogP contribution in [0, 0.1) is 0 Å². The Morgan fingerprint density at radius 1 is 1.47 bits per heavy atom. The highest BCUT2D eigenvalue weighted by atomic mass is 35.5. The van der Waals surface area contributed by atoms with E-state index < -0.39 is 0 Å². The van der Waals surface area contributed by atoms with E-state index >= 15 is 0 Å². The van der Waals surface area contributed by atoms with Crippen molar-refractivity contribution in [3.8, 4) is 0 Å². The molecule has 1 aromatic heterocycles. The normalized spacial score (nSPS) is 16.8. The molecule has 1 aliphatic carbocycles. The number of rotatable bonds is 6. The Morgan fingerprint density at radius 3 is 2.94 bits per heavy atom. The molecule has 3 nitrogen and oxygen atoms in total. The van der Waals surface area contributed by atoms with E-state index in [4.69, 9.17) is 16.3 Å². The standard InChI is InChI=1S/C13H21ClN2O/c1-2-3-8-17-10-13-12(14)9-16(15-13)11-6-4-5-7-11/h9,11H,2-8,10H2,1H3. The summed E-state index contributed by atoms with van der Waals surface area (Å²) >= 11 is 6.17. The Bertz CT molecular complexity index is 345. The minimum atomic E-state index is 0.540. The van der Waals surface area contributed by atoms with Gasteiger partial charge < -0.3 is 4.74 Å². The van der Waals surface area contributed by atoms with Crippen LogP contribution in [0.25, 0.3) is 0 Å². The summed E-state index contributed by atoms with van der Waals surface area (Å²) in [5.41, 5.74) is 0.884. The summed E-state index contributed by atoms with van der Waals surface area (Å²) in [7, 11) is 0. The summed E-state index contributed by atoms with van der Waals surface area (Å²) in [5.74, 6) is 0. The van der Waals surface area contributed by atoms with Crippen molar-refractivity contribution < 1.29 is 4.74 Å². The number of nitrogens with zero attached hydrogens (tertiary/aromatic N) is 2. The molecule has 0 aromatic carbocycles. The molecule has 0 bridgehead atoms. The number of unbranched alkanes of at least 4 members (excludes halogenated alkanes) is 1. The quantitative estimate of drug-likeness (QED) is 0.720. The lowest BCUT2D eigenvalue weighted by Gasteiger charge is -2.08. The maximum absolute atomic E-state index is 6.17. The molecule has 17 heavy (non-hydrogen) atoms. The fourth-order valence-electron chi connectivity index (χ4n) is 2.28. The lowest BCUT2D eigenvalue weighted by Crippen LogP contribution is -2.06. The second-order valence-electron chi connectivity index (χ2n) is 4.75. The van der Waals surface area contributed by atoms with Crippen LogP contribution in [0.15, 0.2) is 6.20 Å².